The van der Waals surface area contributed by atoms with E-state index in [4.69, 9.17) is 14.2 Å². The van der Waals surface area contributed by atoms with Crippen LogP contribution in [0.15, 0.2) is 72.9 Å². The van der Waals surface area contributed by atoms with E-state index in [-0.39, 0.29) is 31.1 Å². The Kier molecular flexibility index (Phi) is 59.7. The van der Waals surface area contributed by atoms with Crippen molar-refractivity contribution >= 4 is 17.9 Å². The van der Waals surface area contributed by atoms with E-state index in [1.165, 1.54) is 186 Å². The van der Waals surface area contributed by atoms with Crippen LogP contribution >= 0.6 is 0 Å². The van der Waals surface area contributed by atoms with Crippen molar-refractivity contribution in [1.82, 2.24) is 0 Å². The van der Waals surface area contributed by atoms with Gasteiger partial charge < -0.3 is 14.2 Å². The third-order valence-electron chi connectivity index (χ3n) is 13.9. The lowest BCUT2D eigenvalue weighted by atomic mass is 10.0. The number of hydrogen-bond acceptors (Lipinski definition) is 6. The van der Waals surface area contributed by atoms with E-state index in [0.717, 1.165) is 96.3 Å². The summed E-state index contributed by atoms with van der Waals surface area (Å²) in [5.74, 6) is -0.901. The number of rotatable bonds is 58. The quantitative estimate of drug-likeness (QED) is 0.0261. The highest BCUT2D eigenvalue weighted by Gasteiger charge is 2.19. The lowest BCUT2D eigenvalue weighted by Crippen LogP contribution is -2.30. The SMILES string of the molecule is CC/C=C\C/C=C\C/C=C\CCCCCC(=O)OC(COC(=O)CCCCCCCCCCCCCC)COC(=O)CCCCCCCCCCCCCCCCCC/C=C\C/C=C\C/C=C\CCCCCCC. The van der Waals surface area contributed by atoms with Crippen molar-refractivity contribution in [2.24, 2.45) is 0 Å². The van der Waals surface area contributed by atoms with Gasteiger partial charge in [0.05, 0.1) is 0 Å². The molecule has 0 heterocycles. The highest BCUT2D eigenvalue weighted by Crippen LogP contribution is 2.17. The third kappa shape index (κ3) is 59.7. The van der Waals surface area contributed by atoms with Crippen LogP contribution in [0.2, 0.25) is 0 Å². The zero-order chi connectivity index (χ0) is 53.6. The van der Waals surface area contributed by atoms with E-state index in [1.807, 2.05) is 0 Å². The molecule has 0 aliphatic carbocycles. The maximum Gasteiger partial charge on any atom is 0.306 e. The molecule has 0 aromatic carbocycles. The summed E-state index contributed by atoms with van der Waals surface area (Å²) >= 11 is 0. The molecule has 0 aliphatic rings. The summed E-state index contributed by atoms with van der Waals surface area (Å²) in [6.45, 7) is 6.51. The average molecular weight is 1030 g/mol. The molecule has 0 aromatic heterocycles. The second kappa shape index (κ2) is 62.4. The normalized spacial score (nSPS) is 12.5. The lowest BCUT2D eigenvalue weighted by molar-refractivity contribution is -0.167. The van der Waals surface area contributed by atoms with Crippen molar-refractivity contribution < 1.29 is 28.6 Å². The Morgan fingerprint density at radius 2 is 0.527 bits per heavy atom. The molecule has 0 rings (SSSR count). The van der Waals surface area contributed by atoms with E-state index in [9.17, 15) is 14.4 Å². The van der Waals surface area contributed by atoms with E-state index in [2.05, 4.69) is 93.7 Å². The molecule has 1 atom stereocenters. The highest BCUT2D eigenvalue weighted by atomic mass is 16.6. The third-order valence-corrected chi connectivity index (χ3v) is 13.9. The molecular formula is C68H120O6. The number of esters is 3. The molecule has 0 saturated heterocycles. The molecule has 0 fully saturated rings. The van der Waals surface area contributed by atoms with Crippen molar-refractivity contribution in [3.05, 3.63) is 72.9 Å². The van der Waals surface area contributed by atoms with Gasteiger partial charge in [-0.3, -0.25) is 14.4 Å². The Bertz CT molecular complexity index is 1370. The molecule has 1 unspecified atom stereocenters. The first-order chi connectivity index (χ1) is 36.5. The van der Waals surface area contributed by atoms with Gasteiger partial charge in [0.1, 0.15) is 13.2 Å². The monoisotopic (exact) mass is 1030 g/mol. The van der Waals surface area contributed by atoms with Crippen LogP contribution in [-0.4, -0.2) is 37.2 Å². The number of unbranched alkanes of at least 4 members (excludes halogenated alkanes) is 35. The summed E-state index contributed by atoms with van der Waals surface area (Å²) in [5.41, 5.74) is 0. The molecule has 74 heavy (non-hydrogen) atoms. The van der Waals surface area contributed by atoms with Crippen LogP contribution in [0.1, 0.15) is 323 Å². The molecule has 0 aromatic rings. The Hall–Kier alpha value is -3.15. The highest BCUT2D eigenvalue weighted by molar-refractivity contribution is 5.71. The molecule has 0 amide bonds. The summed E-state index contributed by atoms with van der Waals surface area (Å²) in [4.78, 5) is 38.1. The Morgan fingerprint density at radius 1 is 0.284 bits per heavy atom. The topological polar surface area (TPSA) is 78.9 Å². The summed E-state index contributed by atoms with van der Waals surface area (Å²) in [5, 5.41) is 0. The zero-order valence-corrected chi connectivity index (χ0v) is 49.1. The minimum atomic E-state index is -0.788. The number of carbonyl (C=O) groups excluding carboxylic acids is 3. The average Bonchev–Trinajstić information content (AvgIpc) is 3.40. The van der Waals surface area contributed by atoms with Crippen molar-refractivity contribution in [3.63, 3.8) is 0 Å². The summed E-state index contributed by atoms with van der Waals surface area (Å²) in [6, 6.07) is 0. The molecule has 0 aliphatic heterocycles. The summed E-state index contributed by atoms with van der Waals surface area (Å²) in [6.07, 6.45) is 80.7. The van der Waals surface area contributed by atoms with Gasteiger partial charge in [-0.15, -0.1) is 0 Å². The second-order valence-corrected chi connectivity index (χ2v) is 21.3. The minimum Gasteiger partial charge on any atom is -0.462 e. The summed E-state index contributed by atoms with van der Waals surface area (Å²) < 4.78 is 16.9. The zero-order valence-electron chi connectivity index (χ0n) is 49.1. The van der Waals surface area contributed by atoms with Gasteiger partial charge in [-0.2, -0.15) is 0 Å². The number of carbonyl (C=O) groups is 3. The predicted molar refractivity (Wildman–Crippen MR) is 321 cm³/mol. The van der Waals surface area contributed by atoms with Gasteiger partial charge in [-0.25, -0.2) is 0 Å². The van der Waals surface area contributed by atoms with Crippen LogP contribution in [0.4, 0.5) is 0 Å². The fraction of sp³-hybridized carbons (Fsp3) is 0.779. The van der Waals surface area contributed by atoms with Crippen LogP contribution in [0, 0.1) is 0 Å². The first-order valence-electron chi connectivity index (χ1n) is 31.9. The van der Waals surface area contributed by atoms with E-state index in [0.29, 0.717) is 19.3 Å². The van der Waals surface area contributed by atoms with Gasteiger partial charge >= 0.3 is 17.9 Å². The molecule has 0 N–H and O–H groups in total. The maximum atomic E-state index is 12.8. The van der Waals surface area contributed by atoms with Gasteiger partial charge in [-0.05, 0) is 89.9 Å². The number of allylic oxidation sites excluding steroid dienone is 12. The predicted octanol–water partition coefficient (Wildman–Crippen LogP) is 21.7. The van der Waals surface area contributed by atoms with Crippen LogP contribution in [0.5, 0.6) is 0 Å². The van der Waals surface area contributed by atoms with Crippen LogP contribution in [0.25, 0.3) is 0 Å². The van der Waals surface area contributed by atoms with E-state index < -0.39 is 6.10 Å². The van der Waals surface area contributed by atoms with Crippen LogP contribution in [-0.2, 0) is 28.6 Å². The Morgan fingerprint density at radius 3 is 0.838 bits per heavy atom. The van der Waals surface area contributed by atoms with Crippen molar-refractivity contribution in [2.75, 3.05) is 13.2 Å². The largest absolute Gasteiger partial charge is 0.462 e. The Balaban J connectivity index is 4.13. The van der Waals surface area contributed by atoms with Crippen LogP contribution < -0.4 is 0 Å². The standard InChI is InChI=1S/C68H120O6/c1-4-7-10-13-16-19-22-25-26-27-28-29-30-31-32-33-34-35-36-37-38-39-40-41-42-44-46-49-52-55-58-61-67(70)73-64-65(63-72-66(69)60-57-54-51-48-45-24-21-18-15-12-9-6-3)74-68(71)62-59-56-53-50-47-43-23-20-17-14-11-8-5-2/h8,11,17,20,22,25,27-28,30-31,43,47,65H,4-7,9-10,12-16,18-19,21,23-24,26,29,32-42,44-46,48-64H2,1-3H3/b11-8-,20-17-,25-22-,28-27-,31-30-,47-43-. The summed E-state index contributed by atoms with van der Waals surface area (Å²) in [7, 11) is 0. The van der Waals surface area contributed by atoms with E-state index >= 15 is 0 Å². The first kappa shape index (κ1) is 70.8. The van der Waals surface area contributed by atoms with Crippen molar-refractivity contribution in [1.29, 1.82) is 0 Å². The molecular weight excluding hydrogens is 913 g/mol. The molecule has 0 spiro atoms. The number of hydrogen-bond donors (Lipinski definition) is 0. The van der Waals surface area contributed by atoms with Gasteiger partial charge in [0.15, 0.2) is 6.10 Å². The lowest BCUT2D eigenvalue weighted by Gasteiger charge is -2.18. The smallest absolute Gasteiger partial charge is 0.306 e. The minimum absolute atomic E-state index is 0.0835. The second-order valence-electron chi connectivity index (χ2n) is 21.3. The first-order valence-corrected chi connectivity index (χ1v) is 31.9. The van der Waals surface area contributed by atoms with Gasteiger partial charge in [-0.1, -0.05) is 286 Å². The maximum absolute atomic E-state index is 12.8. The number of ether oxygens (including phenoxy) is 3. The molecule has 428 valence electrons. The van der Waals surface area contributed by atoms with Crippen molar-refractivity contribution in [3.8, 4) is 0 Å². The molecule has 6 nitrogen and oxygen atoms in total. The molecule has 0 radical (unpaired) electrons. The van der Waals surface area contributed by atoms with Crippen LogP contribution in [0.3, 0.4) is 0 Å². The molecule has 0 saturated carbocycles. The molecule has 6 heteroatoms. The Labute approximate surface area is 459 Å². The van der Waals surface area contributed by atoms with Gasteiger partial charge in [0.25, 0.3) is 0 Å². The van der Waals surface area contributed by atoms with E-state index in [1.54, 1.807) is 0 Å². The van der Waals surface area contributed by atoms with Gasteiger partial charge in [0, 0.05) is 19.3 Å². The fourth-order valence-electron chi connectivity index (χ4n) is 9.17. The molecule has 0 bridgehead atoms. The van der Waals surface area contributed by atoms with Gasteiger partial charge in [0.2, 0.25) is 0 Å². The van der Waals surface area contributed by atoms with Crippen molar-refractivity contribution in [2.45, 2.75) is 329 Å². The fourth-order valence-corrected chi connectivity index (χ4v) is 9.17.